The van der Waals surface area contributed by atoms with Crippen molar-refractivity contribution in [2.24, 2.45) is 0 Å². The molecule has 16 heavy (non-hydrogen) atoms. The molecule has 1 unspecified atom stereocenters. The number of hydrogen-bond acceptors (Lipinski definition) is 2. The quantitative estimate of drug-likeness (QED) is 0.796. The summed E-state index contributed by atoms with van der Waals surface area (Å²) in [6, 6.07) is 4.76. The number of rotatable bonds is 6. The van der Waals surface area contributed by atoms with Crippen molar-refractivity contribution < 1.29 is 0 Å². The van der Waals surface area contributed by atoms with Gasteiger partial charge in [0.25, 0.3) is 0 Å². The number of pyridine rings is 1. The summed E-state index contributed by atoms with van der Waals surface area (Å²) < 4.78 is 0. The molecule has 0 bridgehead atoms. The molecule has 1 aromatic heterocycles. The minimum atomic E-state index is 0.149. The van der Waals surface area contributed by atoms with E-state index < -0.39 is 0 Å². The second-order valence-corrected chi connectivity index (χ2v) is 5.20. The van der Waals surface area contributed by atoms with Crippen LogP contribution in [-0.4, -0.2) is 17.6 Å². The fourth-order valence-electron chi connectivity index (χ4n) is 1.83. The lowest BCUT2D eigenvalue weighted by atomic mass is 9.85. The molecule has 90 valence electrons. The zero-order valence-corrected chi connectivity index (χ0v) is 11.0. The highest BCUT2D eigenvalue weighted by molar-refractivity contribution is 5.19. The highest BCUT2D eigenvalue weighted by Crippen LogP contribution is 2.21. The lowest BCUT2D eigenvalue weighted by Crippen LogP contribution is -2.37. The maximum atomic E-state index is 4.19. The number of aromatic nitrogens is 1. The third-order valence-corrected chi connectivity index (χ3v) is 3.06. The Balaban J connectivity index is 2.52. The van der Waals surface area contributed by atoms with Gasteiger partial charge >= 0.3 is 0 Å². The van der Waals surface area contributed by atoms with Crippen molar-refractivity contribution in [1.29, 1.82) is 0 Å². The molecule has 0 amide bonds. The first-order valence-electron chi connectivity index (χ1n) is 6.20. The average Bonchev–Trinajstić information content (AvgIpc) is 2.28. The van der Waals surface area contributed by atoms with Crippen LogP contribution in [0.15, 0.2) is 24.5 Å². The molecule has 1 heterocycles. The van der Waals surface area contributed by atoms with E-state index >= 15 is 0 Å². The summed E-state index contributed by atoms with van der Waals surface area (Å²) in [6.45, 7) is 10.00. The van der Waals surface area contributed by atoms with Gasteiger partial charge in [-0.05, 0) is 25.0 Å². The van der Waals surface area contributed by atoms with Gasteiger partial charge in [0, 0.05) is 30.4 Å². The molecule has 0 spiro atoms. The second kappa shape index (κ2) is 6.00. The lowest BCUT2D eigenvalue weighted by molar-refractivity contribution is 0.415. The van der Waals surface area contributed by atoms with Gasteiger partial charge < -0.3 is 5.32 Å². The Hall–Kier alpha value is -0.890. The van der Waals surface area contributed by atoms with Crippen molar-refractivity contribution in [3.63, 3.8) is 0 Å². The number of nitrogens with zero attached hydrogens (tertiary/aromatic N) is 1. The first kappa shape index (κ1) is 13.2. The molecule has 0 saturated heterocycles. The summed E-state index contributed by atoms with van der Waals surface area (Å²) >= 11 is 0. The molecule has 1 atom stereocenters. The van der Waals surface area contributed by atoms with Crippen molar-refractivity contribution in [3.8, 4) is 0 Å². The Morgan fingerprint density at radius 3 is 2.75 bits per heavy atom. The Labute approximate surface area is 99.5 Å². The summed E-state index contributed by atoms with van der Waals surface area (Å²) in [7, 11) is 0. The molecule has 2 nitrogen and oxygen atoms in total. The monoisotopic (exact) mass is 220 g/mol. The van der Waals surface area contributed by atoms with Crippen molar-refractivity contribution in [2.75, 3.05) is 6.54 Å². The van der Waals surface area contributed by atoms with Crippen LogP contribution in [-0.2, 0) is 5.41 Å². The van der Waals surface area contributed by atoms with Gasteiger partial charge in [0.15, 0.2) is 0 Å². The molecule has 0 fully saturated rings. The second-order valence-electron chi connectivity index (χ2n) is 5.20. The van der Waals surface area contributed by atoms with Crippen LogP contribution in [0.5, 0.6) is 0 Å². The smallest absolute Gasteiger partial charge is 0.0305 e. The van der Waals surface area contributed by atoms with Crippen LogP contribution in [0.2, 0.25) is 0 Å². The minimum absolute atomic E-state index is 0.149. The zero-order chi connectivity index (χ0) is 12.0. The van der Waals surface area contributed by atoms with Gasteiger partial charge in [0.05, 0.1) is 0 Å². The van der Waals surface area contributed by atoms with Crippen LogP contribution in [0.3, 0.4) is 0 Å². The molecular formula is C14H24N2. The predicted octanol–water partition coefficient (Wildman–Crippen LogP) is 3.14. The van der Waals surface area contributed by atoms with E-state index in [9.17, 15) is 0 Å². The first-order chi connectivity index (χ1) is 7.56. The SMILES string of the molecule is CCCC(C)NCC(C)(C)c1cccnc1. The van der Waals surface area contributed by atoms with Crippen LogP contribution >= 0.6 is 0 Å². The molecule has 1 N–H and O–H groups in total. The standard InChI is InChI=1S/C14H24N2/c1-5-7-12(2)16-11-14(3,4)13-8-6-9-15-10-13/h6,8-10,12,16H,5,7,11H2,1-4H3. The lowest BCUT2D eigenvalue weighted by Gasteiger charge is -2.27. The number of hydrogen-bond donors (Lipinski definition) is 1. The maximum absolute atomic E-state index is 4.19. The van der Waals surface area contributed by atoms with E-state index in [-0.39, 0.29) is 5.41 Å². The highest BCUT2D eigenvalue weighted by Gasteiger charge is 2.20. The summed E-state index contributed by atoms with van der Waals surface area (Å²) in [5.74, 6) is 0. The topological polar surface area (TPSA) is 24.9 Å². The van der Waals surface area contributed by atoms with E-state index in [0.717, 1.165) is 6.54 Å². The molecule has 0 radical (unpaired) electrons. The number of nitrogens with one attached hydrogen (secondary N) is 1. The largest absolute Gasteiger partial charge is 0.313 e. The van der Waals surface area contributed by atoms with Gasteiger partial charge in [-0.3, -0.25) is 4.98 Å². The molecule has 0 aliphatic carbocycles. The normalized spacial score (nSPS) is 13.8. The molecular weight excluding hydrogens is 196 g/mol. The van der Waals surface area contributed by atoms with Crippen molar-refractivity contribution in [1.82, 2.24) is 10.3 Å². The Kier molecular flexibility index (Phi) is 4.94. The third-order valence-electron chi connectivity index (χ3n) is 3.06. The minimum Gasteiger partial charge on any atom is -0.313 e. The van der Waals surface area contributed by atoms with E-state index in [4.69, 9.17) is 0 Å². The summed E-state index contributed by atoms with van der Waals surface area (Å²) in [5.41, 5.74) is 1.45. The summed E-state index contributed by atoms with van der Waals surface area (Å²) in [6.07, 6.45) is 6.27. The zero-order valence-electron chi connectivity index (χ0n) is 11.0. The van der Waals surface area contributed by atoms with Crippen LogP contribution in [0.4, 0.5) is 0 Å². The summed E-state index contributed by atoms with van der Waals surface area (Å²) in [4.78, 5) is 4.19. The van der Waals surface area contributed by atoms with E-state index in [1.54, 1.807) is 0 Å². The van der Waals surface area contributed by atoms with Crippen molar-refractivity contribution in [3.05, 3.63) is 30.1 Å². The van der Waals surface area contributed by atoms with E-state index in [1.807, 2.05) is 18.5 Å². The van der Waals surface area contributed by atoms with Crippen LogP contribution in [0.1, 0.15) is 46.1 Å². The molecule has 0 saturated carbocycles. The molecule has 0 aliphatic rings. The Morgan fingerprint density at radius 1 is 1.44 bits per heavy atom. The van der Waals surface area contributed by atoms with Gasteiger partial charge in [-0.25, -0.2) is 0 Å². The fraction of sp³-hybridized carbons (Fsp3) is 0.643. The average molecular weight is 220 g/mol. The van der Waals surface area contributed by atoms with Crippen LogP contribution in [0.25, 0.3) is 0 Å². The fourth-order valence-corrected chi connectivity index (χ4v) is 1.83. The van der Waals surface area contributed by atoms with E-state index in [0.29, 0.717) is 6.04 Å². The van der Waals surface area contributed by atoms with E-state index in [1.165, 1.54) is 18.4 Å². The van der Waals surface area contributed by atoms with Crippen LogP contribution < -0.4 is 5.32 Å². The molecule has 0 aromatic carbocycles. The van der Waals surface area contributed by atoms with Gasteiger partial charge in [-0.15, -0.1) is 0 Å². The van der Waals surface area contributed by atoms with E-state index in [2.05, 4.69) is 44.1 Å². The first-order valence-corrected chi connectivity index (χ1v) is 6.20. The van der Waals surface area contributed by atoms with Crippen molar-refractivity contribution in [2.45, 2.75) is 52.0 Å². The third kappa shape index (κ3) is 3.93. The van der Waals surface area contributed by atoms with Crippen LogP contribution in [0, 0.1) is 0 Å². The van der Waals surface area contributed by atoms with Gasteiger partial charge in [-0.2, -0.15) is 0 Å². The molecule has 0 aliphatic heterocycles. The molecule has 2 heteroatoms. The maximum Gasteiger partial charge on any atom is 0.0305 e. The summed E-state index contributed by atoms with van der Waals surface area (Å²) in [5, 5.41) is 3.59. The predicted molar refractivity (Wildman–Crippen MR) is 69.6 cm³/mol. The molecule has 1 aromatic rings. The Bertz CT molecular complexity index is 293. The Morgan fingerprint density at radius 2 is 2.19 bits per heavy atom. The van der Waals surface area contributed by atoms with Gasteiger partial charge in [-0.1, -0.05) is 33.3 Å². The molecule has 1 rings (SSSR count). The van der Waals surface area contributed by atoms with Gasteiger partial charge in [0.1, 0.15) is 0 Å². The van der Waals surface area contributed by atoms with Gasteiger partial charge in [0.2, 0.25) is 0 Å². The van der Waals surface area contributed by atoms with Crippen molar-refractivity contribution >= 4 is 0 Å². The highest BCUT2D eigenvalue weighted by atomic mass is 14.9.